The Bertz CT molecular complexity index is 1250. The first-order chi connectivity index (χ1) is 15.7. The Morgan fingerprint density at radius 3 is 2.97 bits per heavy atom. The van der Waals surface area contributed by atoms with Gasteiger partial charge in [-0.05, 0) is 42.0 Å². The van der Waals surface area contributed by atoms with E-state index in [1.165, 1.54) is 28.2 Å². The molecule has 0 fully saturated rings. The van der Waals surface area contributed by atoms with Gasteiger partial charge in [-0.25, -0.2) is 9.97 Å². The first-order valence-corrected chi connectivity index (χ1v) is 11.7. The molecule has 9 heteroatoms. The zero-order chi connectivity index (χ0) is 21.9. The number of nitrogens with zero attached hydrogens (tertiary/aromatic N) is 2. The molecule has 7 nitrogen and oxygen atoms in total. The van der Waals surface area contributed by atoms with Crippen molar-refractivity contribution < 1.29 is 19.0 Å². The summed E-state index contributed by atoms with van der Waals surface area (Å²) < 4.78 is 16.7. The number of aromatic nitrogens is 2. The lowest BCUT2D eigenvalue weighted by molar-refractivity contribution is 0.102. The van der Waals surface area contributed by atoms with Crippen LogP contribution in [0.15, 0.2) is 52.7 Å². The highest BCUT2D eigenvalue weighted by Crippen LogP contribution is 2.33. The fourth-order valence-corrected chi connectivity index (χ4v) is 4.63. The third-order valence-electron chi connectivity index (χ3n) is 4.99. The molecule has 0 spiro atoms. The topological polar surface area (TPSA) is 82.6 Å². The predicted molar refractivity (Wildman–Crippen MR) is 124 cm³/mol. The number of hydrogen-bond acceptors (Lipinski definition) is 8. The van der Waals surface area contributed by atoms with Gasteiger partial charge in [0.05, 0.1) is 30.6 Å². The van der Waals surface area contributed by atoms with Crippen molar-refractivity contribution in [2.45, 2.75) is 13.0 Å². The van der Waals surface area contributed by atoms with Gasteiger partial charge in [-0.15, -0.1) is 22.7 Å². The molecule has 0 unspecified atom stereocenters. The van der Waals surface area contributed by atoms with Crippen LogP contribution in [0, 0.1) is 0 Å². The monoisotopic (exact) mass is 465 g/mol. The maximum absolute atomic E-state index is 12.8. The zero-order valence-electron chi connectivity index (χ0n) is 17.2. The minimum atomic E-state index is -0.266. The molecule has 1 aliphatic rings. The highest BCUT2D eigenvalue weighted by molar-refractivity contribution is 7.14. The van der Waals surface area contributed by atoms with E-state index < -0.39 is 0 Å². The number of carbonyl (C=O) groups is 1. The second-order valence-corrected chi connectivity index (χ2v) is 8.62. The van der Waals surface area contributed by atoms with Gasteiger partial charge in [0, 0.05) is 28.3 Å². The molecule has 32 heavy (non-hydrogen) atoms. The molecule has 0 atom stereocenters. The molecule has 3 heterocycles. The summed E-state index contributed by atoms with van der Waals surface area (Å²) in [6, 6.07) is 11.1. The summed E-state index contributed by atoms with van der Waals surface area (Å²) in [5, 5.41) is 7.25. The third kappa shape index (κ3) is 4.30. The fraction of sp³-hybridized carbons (Fsp3) is 0.174. The number of carbonyl (C=O) groups excluding carboxylic acids is 1. The van der Waals surface area contributed by atoms with E-state index in [4.69, 9.17) is 14.2 Å². The van der Waals surface area contributed by atoms with E-state index in [-0.39, 0.29) is 5.91 Å². The summed E-state index contributed by atoms with van der Waals surface area (Å²) in [6.45, 7) is 1.05. The van der Waals surface area contributed by atoms with E-state index >= 15 is 0 Å². The van der Waals surface area contributed by atoms with Crippen LogP contribution in [-0.2, 0) is 13.0 Å². The molecular weight excluding hydrogens is 446 g/mol. The lowest BCUT2D eigenvalue weighted by Gasteiger charge is -2.11. The van der Waals surface area contributed by atoms with Crippen LogP contribution in [0.3, 0.4) is 0 Å². The molecule has 0 saturated heterocycles. The van der Waals surface area contributed by atoms with Crippen LogP contribution in [0.2, 0.25) is 0 Å². The van der Waals surface area contributed by atoms with Crippen molar-refractivity contribution in [3.8, 4) is 28.5 Å². The quantitative estimate of drug-likeness (QED) is 0.412. The maximum atomic E-state index is 12.8. The van der Waals surface area contributed by atoms with Crippen LogP contribution < -0.4 is 19.5 Å². The number of anilines is 1. The van der Waals surface area contributed by atoms with Gasteiger partial charge in [0.2, 0.25) is 0 Å². The summed E-state index contributed by atoms with van der Waals surface area (Å²) in [4.78, 5) is 21.5. The van der Waals surface area contributed by atoms with Gasteiger partial charge in [0.1, 0.15) is 12.4 Å². The lowest BCUT2D eigenvalue weighted by atomic mass is 10.1. The summed E-state index contributed by atoms with van der Waals surface area (Å²) in [5.41, 5.74) is 6.07. The SMILES string of the molecule is COc1cc(C(=O)Nc2nc(-c3ccc4c(c3)CCO4)cs2)ccc1OCc1cscn1. The molecule has 1 amide bonds. The van der Waals surface area contributed by atoms with E-state index in [9.17, 15) is 4.79 Å². The predicted octanol–water partition coefficient (Wildman–Crippen LogP) is 5.04. The molecular formula is C23H19N3O4S2. The first kappa shape index (κ1) is 20.5. The Labute approximate surface area is 192 Å². The normalized spacial score (nSPS) is 12.2. The highest BCUT2D eigenvalue weighted by atomic mass is 32.1. The van der Waals surface area contributed by atoms with Gasteiger partial charge < -0.3 is 14.2 Å². The van der Waals surface area contributed by atoms with Gasteiger partial charge in [0.15, 0.2) is 16.6 Å². The van der Waals surface area contributed by atoms with E-state index in [1.807, 2.05) is 22.9 Å². The van der Waals surface area contributed by atoms with Crippen LogP contribution in [0.5, 0.6) is 17.2 Å². The van der Waals surface area contributed by atoms with Crippen molar-refractivity contribution >= 4 is 33.7 Å². The van der Waals surface area contributed by atoms with E-state index in [1.54, 1.807) is 30.8 Å². The number of amides is 1. The van der Waals surface area contributed by atoms with E-state index in [0.717, 1.165) is 35.7 Å². The molecule has 0 radical (unpaired) electrons. The van der Waals surface area contributed by atoms with Crippen molar-refractivity contribution in [3.05, 3.63) is 69.5 Å². The third-order valence-corrected chi connectivity index (χ3v) is 6.39. The molecule has 0 saturated carbocycles. The molecule has 2 aromatic carbocycles. The van der Waals surface area contributed by atoms with Crippen LogP contribution >= 0.6 is 22.7 Å². The number of benzene rings is 2. The largest absolute Gasteiger partial charge is 0.493 e. The van der Waals surface area contributed by atoms with Crippen molar-refractivity contribution in [2.24, 2.45) is 0 Å². The van der Waals surface area contributed by atoms with Crippen molar-refractivity contribution in [3.63, 3.8) is 0 Å². The number of hydrogen-bond donors (Lipinski definition) is 1. The smallest absolute Gasteiger partial charge is 0.257 e. The number of fused-ring (bicyclic) bond motifs is 1. The van der Waals surface area contributed by atoms with Crippen molar-refractivity contribution in [1.82, 2.24) is 9.97 Å². The number of thiazole rings is 2. The summed E-state index contributed by atoms with van der Waals surface area (Å²) in [5.74, 6) is 1.70. The standard InChI is InChI=1S/C23H19N3O4S2/c1-28-21-9-16(3-5-20(21)30-10-17-11-31-13-24-17)22(27)26-23-25-18(12-32-23)14-2-4-19-15(8-14)6-7-29-19/h2-5,8-9,11-13H,6-7,10H2,1H3,(H,25,26,27). The number of methoxy groups -OCH3 is 1. The van der Waals surface area contributed by atoms with E-state index in [0.29, 0.717) is 28.8 Å². The Hall–Kier alpha value is -3.43. The Kier molecular flexibility index (Phi) is 5.74. The Morgan fingerprint density at radius 1 is 1.19 bits per heavy atom. The summed E-state index contributed by atoms with van der Waals surface area (Å²) >= 11 is 2.90. The van der Waals surface area contributed by atoms with Crippen LogP contribution in [0.1, 0.15) is 21.6 Å². The lowest BCUT2D eigenvalue weighted by Crippen LogP contribution is -2.12. The van der Waals surface area contributed by atoms with Crippen LogP contribution in [0.4, 0.5) is 5.13 Å². The fourth-order valence-electron chi connectivity index (χ4n) is 3.37. The van der Waals surface area contributed by atoms with Gasteiger partial charge >= 0.3 is 0 Å². The van der Waals surface area contributed by atoms with Crippen molar-refractivity contribution in [1.29, 1.82) is 0 Å². The van der Waals surface area contributed by atoms with Crippen molar-refractivity contribution in [2.75, 3.05) is 19.0 Å². The number of rotatable bonds is 7. The molecule has 1 N–H and O–H groups in total. The minimum absolute atomic E-state index is 0.266. The second-order valence-electron chi connectivity index (χ2n) is 7.05. The Balaban J connectivity index is 1.27. The van der Waals surface area contributed by atoms with Crippen LogP contribution in [-0.4, -0.2) is 29.6 Å². The van der Waals surface area contributed by atoms with Gasteiger partial charge in [0.25, 0.3) is 5.91 Å². The minimum Gasteiger partial charge on any atom is -0.493 e. The van der Waals surface area contributed by atoms with Gasteiger partial charge in [-0.1, -0.05) is 0 Å². The van der Waals surface area contributed by atoms with Gasteiger partial charge in [-0.3, -0.25) is 10.1 Å². The molecule has 1 aliphatic heterocycles. The highest BCUT2D eigenvalue weighted by Gasteiger charge is 2.16. The maximum Gasteiger partial charge on any atom is 0.257 e. The molecule has 0 bridgehead atoms. The molecule has 2 aromatic heterocycles. The Morgan fingerprint density at radius 2 is 2.12 bits per heavy atom. The molecule has 4 aromatic rings. The number of ether oxygens (including phenoxy) is 3. The van der Waals surface area contributed by atoms with E-state index in [2.05, 4.69) is 21.4 Å². The average molecular weight is 466 g/mol. The summed E-state index contributed by atoms with van der Waals surface area (Å²) in [7, 11) is 1.54. The molecule has 162 valence electrons. The van der Waals surface area contributed by atoms with Gasteiger partial charge in [-0.2, -0.15) is 0 Å². The van der Waals surface area contributed by atoms with Crippen LogP contribution in [0.25, 0.3) is 11.3 Å². The molecule has 0 aliphatic carbocycles. The number of nitrogens with one attached hydrogen (secondary N) is 1. The first-order valence-electron chi connectivity index (χ1n) is 9.90. The second kappa shape index (κ2) is 8.97. The zero-order valence-corrected chi connectivity index (χ0v) is 18.8. The molecule has 5 rings (SSSR count). The average Bonchev–Trinajstić information content (AvgIpc) is 3.59. The summed E-state index contributed by atoms with van der Waals surface area (Å²) in [6.07, 6.45) is 0.905.